The molecule has 3 aromatic rings. The van der Waals surface area contributed by atoms with Crippen molar-refractivity contribution in [2.75, 3.05) is 18.0 Å². The molecule has 1 unspecified atom stereocenters. The van der Waals surface area contributed by atoms with Gasteiger partial charge in [0.25, 0.3) is 5.91 Å². The molecule has 0 radical (unpaired) electrons. The number of hydrogen-bond donors (Lipinski definition) is 1. The minimum atomic E-state index is -0.188. The van der Waals surface area contributed by atoms with E-state index in [0.717, 1.165) is 31.7 Å². The van der Waals surface area contributed by atoms with Gasteiger partial charge >= 0.3 is 0 Å². The third-order valence-corrected chi connectivity index (χ3v) is 4.49. The maximum atomic E-state index is 12.0. The number of aromatic nitrogens is 4. The first-order chi connectivity index (χ1) is 12.8. The van der Waals surface area contributed by atoms with Crippen molar-refractivity contribution < 1.29 is 9.21 Å². The molecule has 8 nitrogen and oxygen atoms in total. The van der Waals surface area contributed by atoms with E-state index in [1.807, 2.05) is 23.0 Å². The first kappa shape index (κ1) is 16.3. The van der Waals surface area contributed by atoms with Crippen LogP contribution in [0.4, 0.5) is 5.95 Å². The van der Waals surface area contributed by atoms with E-state index in [0.29, 0.717) is 24.2 Å². The number of fused-ring (bicyclic) bond motifs is 1. The Morgan fingerprint density at radius 2 is 2.08 bits per heavy atom. The molecule has 26 heavy (non-hydrogen) atoms. The van der Waals surface area contributed by atoms with E-state index in [4.69, 9.17) is 4.42 Å². The molecule has 1 aliphatic heterocycles. The van der Waals surface area contributed by atoms with E-state index in [1.165, 1.54) is 6.26 Å². The fourth-order valence-corrected chi connectivity index (χ4v) is 3.21. The molecular weight excluding hydrogens is 332 g/mol. The van der Waals surface area contributed by atoms with Gasteiger partial charge in [0.2, 0.25) is 5.95 Å². The zero-order valence-electron chi connectivity index (χ0n) is 14.3. The van der Waals surface area contributed by atoms with Crippen LogP contribution in [0.1, 0.15) is 22.7 Å². The molecule has 0 spiro atoms. The Balaban J connectivity index is 1.42. The number of furan rings is 1. The highest BCUT2D eigenvalue weighted by Gasteiger charge is 2.24. The standard InChI is InChI=1S/C18H20N6O2/c25-17(16-3-1-10-26-16)19-8-4-14-11-23(18-20-6-2-7-21-18)13-15-5-9-22-24(15)12-14/h1-3,5-7,9-10,14H,4,8,11-13H2,(H,19,25). The average molecular weight is 352 g/mol. The molecule has 4 rings (SSSR count). The number of nitrogens with one attached hydrogen (secondary N) is 1. The van der Waals surface area contributed by atoms with Crippen LogP contribution in [0.3, 0.4) is 0 Å². The molecule has 8 heteroatoms. The SMILES string of the molecule is O=C(NCCC1CN(c2ncccn2)Cc2ccnn2C1)c1ccco1. The molecule has 1 atom stereocenters. The van der Waals surface area contributed by atoms with Crippen molar-refractivity contribution in [1.82, 2.24) is 25.1 Å². The van der Waals surface area contributed by atoms with Crippen LogP contribution in [-0.2, 0) is 13.1 Å². The third kappa shape index (κ3) is 3.58. The summed E-state index contributed by atoms with van der Waals surface area (Å²) in [6.07, 6.45) is 7.65. The third-order valence-electron chi connectivity index (χ3n) is 4.49. The van der Waals surface area contributed by atoms with Crippen LogP contribution in [0.25, 0.3) is 0 Å². The van der Waals surface area contributed by atoms with Crippen molar-refractivity contribution in [3.63, 3.8) is 0 Å². The fraction of sp³-hybridized carbons (Fsp3) is 0.333. The van der Waals surface area contributed by atoms with E-state index < -0.39 is 0 Å². The largest absolute Gasteiger partial charge is 0.459 e. The van der Waals surface area contributed by atoms with Crippen LogP contribution in [0, 0.1) is 5.92 Å². The number of carbonyl (C=O) groups excluding carboxylic acids is 1. The number of carbonyl (C=O) groups is 1. The Kier molecular flexibility index (Phi) is 4.63. The summed E-state index contributed by atoms with van der Waals surface area (Å²) < 4.78 is 7.15. The summed E-state index contributed by atoms with van der Waals surface area (Å²) in [5.41, 5.74) is 1.14. The molecule has 1 amide bonds. The maximum absolute atomic E-state index is 12.0. The van der Waals surface area contributed by atoms with Gasteiger partial charge in [-0.3, -0.25) is 9.48 Å². The van der Waals surface area contributed by atoms with Crippen LogP contribution in [0.15, 0.2) is 53.5 Å². The molecule has 134 valence electrons. The zero-order chi connectivity index (χ0) is 17.8. The molecular formula is C18H20N6O2. The van der Waals surface area contributed by atoms with Crippen molar-refractivity contribution in [2.45, 2.75) is 19.5 Å². The summed E-state index contributed by atoms with van der Waals surface area (Å²) >= 11 is 0. The Morgan fingerprint density at radius 1 is 1.19 bits per heavy atom. The summed E-state index contributed by atoms with van der Waals surface area (Å²) in [6.45, 7) is 2.91. The van der Waals surface area contributed by atoms with Gasteiger partial charge in [-0.2, -0.15) is 5.10 Å². The van der Waals surface area contributed by atoms with Crippen molar-refractivity contribution in [3.8, 4) is 0 Å². The molecule has 0 aromatic carbocycles. The first-order valence-corrected chi connectivity index (χ1v) is 8.64. The topological polar surface area (TPSA) is 89.1 Å². The van der Waals surface area contributed by atoms with Gasteiger partial charge in [0, 0.05) is 38.2 Å². The number of rotatable bonds is 5. The molecule has 1 N–H and O–H groups in total. The van der Waals surface area contributed by atoms with Gasteiger partial charge in [-0.15, -0.1) is 0 Å². The normalized spacial score (nSPS) is 16.8. The average Bonchev–Trinajstić information content (AvgIpc) is 3.32. The Labute approximate surface area is 150 Å². The zero-order valence-corrected chi connectivity index (χ0v) is 14.3. The van der Waals surface area contributed by atoms with E-state index in [9.17, 15) is 4.79 Å². The number of anilines is 1. The van der Waals surface area contributed by atoms with Crippen LogP contribution >= 0.6 is 0 Å². The smallest absolute Gasteiger partial charge is 0.286 e. The van der Waals surface area contributed by atoms with Crippen LogP contribution in [0.2, 0.25) is 0 Å². The number of amides is 1. The molecule has 0 fully saturated rings. The van der Waals surface area contributed by atoms with Gasteiger partial charge in [-0.25, -0.2) is 9.97 Å². The predicted molar refractivity (Wildman–Crippen MR) is 94.5 cm³/mol. The molecule has 0 saturated carbocycles. The van der Waals surface area contributed by atoms with Crippen LogP contribution < -0.4 is 10.2 Å². The van der Waals surface area contributed by atoms with Gasteiger partial charge in [-0.05, 0) is 36.6 Å². The molecule has 4 heterocycles. The molecule has 0 saturated heterocycles. The lowest BCUT2D eigenvalue weighted by molar-refractivity contribution is 0.0923. The van der Waals surface area contributed by atoms with Gasteiger partial charge in [0.05, 0.1) is 18.5 Å². The molecule has 0 bridgehead atoms. The lowest BCUT2D eigenvalue weighted by Gasteiger charge is -2.23. The number of nitrogens with zero attached hydrogens (tertiary/aromatic N) is 5. The second-order valence-corrected chi connectivity index (χ2v) is 6.32. The highest BCUT2D eigenvalue weighted by molar-refractivity contribution is 5.91. The van der Waals surface area contributed by atoms with Gasteiger partial charge in [0.1, 0.15) is 0 Å². The monoisotopic (exact) mass is 352 g/mol. The highest BCUT2D eigenvalue weighted by Crippen LogP contribution is 2.21. The maximum Gasteiger partial charge on any atom is 0.286 e. The molecule has 1 aliphatic rings. The quantitative estimate of drug-likeness (QED) is 0.752. The van der Waals surface area contributed by atoms with E-state index >= 15 is 0 Å². The summed E-state index contributed by atoms with van der Waals surface area (Å²) in [7, 11) is 0. The Hall–Kier alpha value is -3.16. The lowest BCUT2D eigenvalue weighted by atomic mass is 10.1. The van der Waals surface area contributed by atoms with Crippen molar-refractivity contribution in [3.05, 3.63) is 60.6 Å². The van der Waals surface area contributed by atoms with Gasteiger partial charge in [0.15, 0.2) is 5.76 Å². The summed E-state index contributed by atoms with van der Waals surface area (Å²) in [6, 6.07) is 7.20. The van der Waals surface area contributed by atoms with E-state index in [2.05, 4.69) is 25.3 Å². The van der Waals surface area contributed by atoms with E-state index in [1.54, 1.807) is 24.5 Å². The van der Waals surface area contributed by atoms with Crippen LogP contribution in [-0.4, -0.2) is 38.7 Å². The Morgan fingerprint density at radius 3 is 2.88 bits per heavy atom. The molecule has 0 aliphatic carbocycles. The number of hydrogen-bond acceptors (Lipinski definition) is 6. The summed E-state index contributed by atoms with van der Waals surface area (Å²) in [4.78, 5) is 22.9. The van der Waals surface area contributed by atoms with Crippen molar-refractivity contribution in [1.29, 1.82) is 0 Å². The first-order valence-electron chi connectivity index (χ1n) is 8.64. The minimum absolute atomic E-state index is 0.188. The fourth-order valence-electron chi connectivity index (χ4n) is 3.21. The molecule has 3 aromatic heterocycles. The Bertz CT molecular complexity index is 846. The lowest BCUT2D eigenvalue weighted by Crippen LogP contribution is -2.32. The van der Waals surface area contributed by atoms with Gasteiger partial charge in [-0.1, -0.05) is 0 Å². The summed E-state index contributed by atoms with van der Waals surface area (Å²) in [5, 5.41) is 7.34. The van der Waals surface area contributed by atoms with Gasteiger partial charge < -0.3 is 14.6 Å². The second kappa shape index (κ2) is 7.38. The van der Waals surface area contributed by atoms with Crippen LogP contribution in [0.5, 0.6) is 0 Å². The second-order valence-electron chi connectivity index (χ2n) is 6.32. The minimum Gasteiger partial charge on any atom is -0.459 e. The van der Waals surface area contributed by atoms with Crippen molar-refractivity contribution >= 4 is 11.9 Å². The van der Waals surface area contributed by atoms with Crippen molar-refractivity contribution in [2.24, 2.45) is 5.92 Å². The van der Waals surface area contributed by atoms with E-state index in [-0.39, 0.29) is 5.91 Å². The predicted octanol–water partition coefficient (Wildman–Crippen LogP) is 1.72. The summed E-state index contributed by atoms with van der Waals surface area (Å²) in [5.74, 6) is 1.18. The highest BCUT2D eigenvalue weighted by atomic mass is 16.3.